The number of fused-ring (bicyclic) bond motifs is 2. The van der Waals surface area contributed by atoms with Crippen LogP contribution in [0, 0.1) is 11.8 Å². The van der Waals surface area contributed by atoms with Crippen LogP contribution in [0.1, 0.15) is 19.8 Å². The molecule has 2 bridgehead atoms. The lowest BCUT2D eigenvalue weighted by atomic mass is 9.99. The van der Waals surface area contributed by atoms with E-state index in [0.717, 1.165) is 18.4 Å². The van der Waals surface area contributed by atoms with Crippen molar-refractivity contribution in [2.45, 2.75) is 25.9 Å². The minimum atomic E-state index is 0.648. The van der Waals surface area contributed by atoms with Gasteiger partial charge >= 0.3 is 0 Å². The predicted molar refractivity (Wildman–Crippen MR) is 31.6 cm³/mol. The van der Waals surface area contributed by atoms with E-state index in [-0.39, 0.29) is 0 Å². The van der Waals surface area contributed by atoms with Crippen molar-refractivity contribution in [2.24, 2.45) is 11.8 Å². The van der Waals surface area contributed by atoms with E-state index in [9.17, 15) is 0 Å². The van der Waals surface area contributed by atoms with Gasteiger partial charge in [0.15, 0.2) is 0 Å². The minimum absolute atomic E-state index is 0.648. The first kappa shape index (κ1) is 4.80. The molecule has 1 saturated carbocycles. The Bertz CT molecular complexity index is 98.6. The van der Waals surface area contributed by atoms with Crippen molar-refractivity contribution in [3.8, 4) is 0 Å². The number of ether oxygens (including phenoxy) is 1. The highest BCUT2D eigenvalue weighted by Crippen LogP contribution is 2.39. The fourth-order valence-corrected chi connectivity index (χ4v) is 1.90. The average Bonchev–Trinajstić information content (AvgIpc) is 2.23. The smallest absolute Gasteiger partial charge is 0.0581 e. The maximum Gasteiger partial charge on any atom is 0.0581 e. The molecule has 1 heterocycles. The van der Waals surface area contributed by atoms with E-state index < -0.39 is 0 Å². The first-order valence-corrected chi connectivity index (χ1v) is 3.48. The predicted octanol–water partition coefficient (Wildman–Crippen LogP) is 1.43. The molecule has 0 N–H and O–H groups in total. The third-order valence-electron chi connectivity index (χ3n) is 2.55. The van der Waals surface area contributed by atoms with Crippen LogP contribution in [0.3, 0.4) is 0 Å². The number of hydrogen-bond donors (Lipinski definition) is 0. The Morgan fingerprint density at radius 2 is 2.25 bits per heavy atom. The second-order valence-corrected chi connectivity index (χ2v) is 3.16. The van der Waals surface area contributed by atoms with Crippen molar-refractivity contribution in [2.75, 3.05) is 6.61 Å². The van der Waals surface area contributed by atoms with Crippen LogP contribution in [-0.4, -0.2) is 12.7 Å². The van der Waals surface area contributed by atoms with Gasteiger partial charge in [-0.05, 0) is 24.7 Å². The first-order valence-electron chi connectivity index (χ1n) is 3.48. The number of rotatable bonds is 0. The van der Waals surface area contributed by atoms with E-state index in [1.807, 2.05) is 0 Å². The largest absolute Gasteiger partial charge is 0.378 e. The van der Waals surface area contributed by atoms with Crippen LogP contribution in [0.2, 0.25) is 0 Å². The molecule has 0 spiro atoms. The lowest BCUT2D eigenvalue weighted by Gasteiger charge is -2.16. The lowest BCUT2D eigenvalue weighted by Crippen LogP contribution is -2.14. The molecule has 0 unspecified atom stereocenters. The van der Waals surface area contributed by atoms with Crippen molar-refractivity contribution in [3.05, 3.63) is 0 Å². The Morgan fingerprint density at radius 3 is 2.50 bits per heavy atom. The Kier molecular flexibility index (Phi) is 0.884. The normalized spacial score (nSPS) is 52.9. The summed E-state index contributed by atoms with van der Waals surface area (Å²) in [6.45, 7) is 3.39. The molecule has 0 radical (unpaired) electrons. The van der Waals surface area contributed by atoms with Gasteiger partial charge in [0.2, 0.25) is 0 Å². The lowest BCUT2D eigenvalue weighted by molar-refractivity contribution is 0.0568. The molecule has 1 nitrogen and oxygen atoms in total. The van der Waals surface area contributed by atoms with Crippen LogP contribution in [-0.2, 0) is 4.74 Å². The van der Waals surface area contributed by atoms with Gasteiger partial charge in [-0.2, -0.15) is 0 Å². The van der Waals surface area contributed by atoms with Gasteiger partial charge in [0, 0.05) is 0 Å². The molecule has 0 amide bonds. The molecule has 1 heteroatoms. The maximum atomic E-state index is 5.42. The zero-order chi connectivity index (χ0) is 5.56. The molecule has 1 saturated heterocycles. The second kappa shape index (κ2) is 1.47. The monoisotopic (exact) mass is 112 g/mol. The van der Waals surface area contributed by atoms with Crippen molar-refractivity contribution in [3.63, 3.8) is 0 Å². The highest BCUT2D eigenvalue weighted by molar-refractivity contribution is 4.86. The van der Waals surface area contributed by atoms with Crippen molar-refractivity contribution >= 4 is 0 Å². The highest BCUT2D eigenvalue weighted by atomic mass is 16.5. The van der Waals surface area contributed by atoms with Crippen LogP contribution >= 0.6 is 0 Å². The molecule has 46 valence electrons. The standard InChI is InChI=1S/C7H12O/c1-5-2-7-3-6(5)4-8-7/h5-7H,2-4H2,1H3/t5-,6-,7+/m0/s1. The van der Waals surface area contributed by atoms with E-state index in [1.54, 1.807) is 0 Å². The molecule has 3 atom stereocenters. The Labute approximate surface area is 50.0 Å². The second-order valence-electron chi connectivity index (χ2n) is 3.16. The van der Waals surface area contributed by atoms with Gasteiger partial charge < -0.3 is 4.74 Å². The zero-order valence-electron chi connectivity index (χ0n) is 5.26. The summed E-state index contributed by atoms with van der Waals surface area (Å²) in [6, 6.07) is 0. The molecule has 8 heavy (non-hydrogen) atoms. The van der Waals surface area contributed by atoms with Gasteiger partial charge in [0.25, 0.3) is 0 Å². The molecule has 1 aliphatic heterocycles. The van der Waals surface area contributed by atoms with Crippen molar-refractivity contribution in [1.29, 1.82) is 0 Å². The summed E-state index contributed by atoms with van der Waals surface area (Å²) in [7, 11) is 0. The number of hydrogen-bond acceptors (Lipinski definition) is 1. The third-order valence-corrected chi connectivity index (χ3v) is 2.55. The van der Waals surface area contributed by atoms with Gasteiger partial charge in [-0.1, -0.05) is 6.92 Å². The summed E-state index contributed by atoms with van der Waals surface area (Å²) in [5.41, 5.74) is 0. The third kappa shape index (κ3) is 0.510. The molecule has 2 aliphatic rings. The molecule has 0 aromatic carbocycles. The van der Waals surface area contributed by atoms with Crippen LogP contribution in [0.25, 0.3) is 0 Å². The van der Waals surface area contributed by atoms with Gasteiger partial charge in [-0.25, -0.2) is 0 Å². The SMILES string of the molecule is C[C@H]1C[C@@H]2C[C@H]1CO2. The summed E-state index contributed by atoms with van der Waals surface area (Å²) < 4.78 is 5.42. The Balaban J connectivity index is 2.11. The van der Waals surface area contributed by atoms with E-state index in [4.69, 9.17) is 4.74 Å². The summed E-state index contributed by atoms with van der Waals surface area (Å²) in [4.78, 5) is 0. The van der Waals surface area contributed by atoms with E-state index >= 15 is 0 Å². The van der Waals surface area contributed by atoms with Crippen LogP contribution in [0.5, 0.6) is 0 Å². The van der Waals surface area contributed by atoms with Gasteiger partial charge in [0.05, 0.1) is 12.7 Å². The molecular formula is C7H12O. The van der Waals surface area contributed by atoms with E-state index in [0.29, 0.717) is 6.10 Å². The molecular weight excluding hydrogens is 100 g/mol. The van der Waals surface area contributed by atoms with Crippen LogP contribution in [0.4, 0.5) is 0 Å². The fourth-order valence-electron chi connectivity index (χ4n) is 1.90. The van der Waals surface area contributed by atoms with Gasteiger partial charge in [0.1, 0.15) is 0 Å². The topological polar surface area (TPSA) is 9.23 Å². The van der Waals surface area contributed by atoms with E-state index in [1.165, 1.54) is 12.8 Å². The summed E-state index contributed by atoms with van der Waals surface area (Å²) >= 11 is 0. The summed E-state index contributed by atoms with van der Waals surface area (Å²) in [5, 5.41) is 0. The van der Waals surface area contributed by atoms with Crippen LogP contribution in [0.15, 0.2) is 0 Å². The Hall–Kier alpha value is -0.0400. The summed E-state index contributed by atoms with van der Waals surface area (Å²) in [6.07, 6.45) is 3.32. The van der Waals surface area contributed by atoms with E-state index in [2.05, 4.69) is 6.92 Å². The quantitative estimate of drug-likeness (QED) is 0.460. The highest BCUT2D eigenvalue weighted by Gasteiger charge is 2.37. The average molecular weight is 112 g/mol. The van der Waals surface area contributed by atoms with Crippen molar-refractivity contribution in [1.82, 2.24) is 0 Å². The zero-order valence-corrected chi connectivity index (χ0v) is 5.26. The maximum absolute atomic E-state index is 5.42. The molecule has 1 aliphatic carbocycles. The minimum Gasteiger partial charge on any atom is -0.378 e. The fraction of sp³-hybridized carbons (Fsp3) is 1.00. The first-order chi connectivity index (χ1) is 3.86. The van der Waals surface area contributed by atoms with Gasteiger partial charge in [-0.15, -0.1) is 0 Å². The molecule has 2 rings (SSSR count). The molecule has 2 fully saturated rings. The summed E-state index contributed by atoms with van der Waals surface area (Å²) in [5.74, 6) is 1.87. The van der Waals surface area contributed by atoms with Gasteiger partial charge in [-0.3, -0.25) is 0 Å². The van der Waals surface area contributed by atoms with Crippen molar-refractivity contribution < 1.29 is 4.74 Å². The molecule has 0 aromatic heterocycles. The Morgan fingerprint density at radius 1 is 1.38 bits per heavy atom. The van der Waals surface area contributed by atoms with Crippen LogP contribution < -0.4 is 0 Å². The molecule has 0 aromatic rings.